The highest BCUT2D eigenvalue weighted by molar-refractivity contribution is 7.22. The molecule has 1 amide bonds. The number of aromatic nitrogens is 3. The van der Waals surface area contributed by atoms with Crippen LogP contribution in [-0.4, -0.2) is 38.4 Å². The molecule has 0 saturated carbocycles. The first-order valence-corrected chi connectivity index (χ1v) is 13.9. The van der Waals surface area contributed by atoms with Crippen LogP contribution in [0.2, 0.25) is 0 Å². The molecule has 0 saturated heterocycles. The summed E-state index contributed by atoms with van der Waals surface area (Å²) in [5.41, 5.74) is 2.66. The monoisotopic (exact) mass is 554 g/mol. The molecule has 2 aromatic carbocycles. The van der Waals surface area contributed by atoms with Crippen molar-refractivity contribution in [2.75, 3.05) is 11.5 Å². The molecule has 1 atom stereocenters. The number of hydrogen-bond acceptors (Lipinski definition) is 9. The van der Waals surface area contributed by atoms with Crippen LogP contribution in [0.3, 0.4) is 0 Å². The highest BCUT2D eigenvalue weighted by Gasteiger charge is 2.46. The summed E-state index contributed by atoms with van der Waals surface area (Å²) in [5.74, 6) is -1.04. The number of ketones is 1. The fourth-order valence-electron chi connectivity index (χ4n) is 4.57. The highest BCUT2D eigenvalue weighted by atomic mass is 32.1. The lowest BCUT2D eigenvalue weighted by Gasteiger charge is -2.24. The van der Waals surface area contributed by atoms with Gasteiger partial charge in [-0.25, -0.2) is 9.97 Å². The number of benzene rings is 2. The largest absolute Gasteiger partial charge is 0.503 e. The van der Waals surface area contributed by atoms with E-state index < -0.39 is 23.5 Å². The number of ether oxygens (including phenoxy) is 1. The van der Waals surface area contributed by atoms with Crippen LogP contribution in [0.4, 0.5) is 5.13 Å². The van der Waals surface area contributed by atoms with Gasteiger partial charge in [0.25, 0.3) is 5.91 Å². The van der Waals surface area contributed by atoms with E-state index in [9.17, 15) is 14.7 Å². The summed E-state index contributed by atoms with van der Waals surface area (Å²) >= 11 is 2.52. The molecule has 0 radical (unpaired) electrons. The van der Waals surface area contributed by atoms with Crippen LogP contribution in [0.15, 0.2) is 84.4 Å². The van der Waals surface area contributed by atoms with Crippen molar-refractivity contribution in [3.05, 3.63) is 101 Å². The zero-order valence-electron chi connectivity index (χ0n) is 21.0. The number of anilines is 1. The van der Waals surface area contributed by atoms with E-state index in [2.05, 4.69) is 15.0 Å². The standard InChI is InChI=1S/C29H22N4O4S2/c1-3-37-19-11-12-20-21(14-19)38-29(32-20)33-23(18-10-7-13-30-15-18)22(25(35)28(33)36)24(34)26-16(2)31-27(39-26)17-8-5-4-6-9-17/h4-15,23,35H,3H2,1-2H3. The van der Waals surface area contributed by atoms with Crippen LogP contribution in [-0.2, 0) is 4.79 Å². The molecule has 1 aliphatic heterocycles. The second-order valence-electron chi connectivity index (χ2n) is 8.81. The van der Waals surface area contributed by atoms with Gasteiger partial charge in [0.15, 0.2) is 10.9 Å². The number of aryl methyl sites for hydroxylation is 1. The third kappa shape index (κ3) is 4.37. The minimum absolute atomic E-state index is 0.0198. The Morgan fingerprint density at radius 2 is 1.90 bits per heavy atom. The molecule has 1 aliphatic rings. The van der Waals surface area contributed by atoms with Gasteiger partial charge in [-0.05, 0) is 43.7 Å². The summed E-state index contributed by atoms with van der Waals surface area (Å²) in [4.78, 5) is 42.8. The highest BCUT2D eigenvalue weighted by Crippen LogP contribution is 2.45. The lowest BCUT2D eigenvalue weighted by molar-refractivity contribution is -0.117. The van der Waals surface area contributed by atoms with E-state index in [-0.39, 0.29) is 5.57 Å². The van der Waals surface area contributed by atoms with Gasteiger partial charge in [-0.2, -0.15) is 0 Å². The molecule has 0 spiro atoms. The Kier molecular flexibility index (Phi) is 6.41. The predicted octanol–water partition coefficient (Wildman–Crippen LogP) is 6.30. The summed E-state index contributed by atoms with van der Waals surface area (Å²) < 4.78 is 6.43. The van der Waals surface area contributed by atoms with Crippen molar-refractivity contribution in [3.63, 3.8) is 0 Å². The number of carbonyl (C=O) groups excluding carboxylic acids is 2. The fraction of sp³-hybridized carbons (Fsp3) is 0.138. The average Bonchev–Trinajstić information content (AvgIpc) is 3.63. The Balaban J connectivity index is 1.45. The maximum absolute atomic E-state index is 14.0. The summed E-state index contributed by atoms with van der Waals surface area (Å²) in [6.45, 7) is 4.19. The molecular weight excluding hydrogens is 532 g/mol. The SMILES string of the molecule is CCOc1ccc2nc(N3C(=O)C(O)=C(C(=O)c4sc(-c5ccccc5)nc4C)C3c3cccnc3)sc2c1. The van der Waals surface area contributed by atoms with Gasteiger partial charge >= 0.3 is 0 Å². The van der Waals surface area contributed by atoms with E-state index in [0.29, 0.717) is 44.1 Å². The van der Waals surface area contributed by atoms with E-state index in [0.717, 1.165) is 10.3 Å². The Morgan fingerprint density at radius 3 is 2.64 bits per heavy atom. The molecule has 194 valence electrons. The van der Waals surface area contributed by atoms with Crippen LogP contribution < -0.4 is 9.64 Å². The molecule has 3 aromatic heterocycles. The number of aliphatic hydroxyl groups excluding tert-OH is 1. The van der Waals surface area contributed by atoms with E-state index >= 15 is 0 Å². The second-order valence-corrected chi connectivity index (χ2v) is 10.8. The third-order valence-corrected chi connectivity index (χ3v) is 8.56. The number of hydrogen-bond donors (Lipinski definition) is 1. The van der Waals surface area contributed by atoms with Crippen molar-refractivity contribution in [2.45, 2.75) is 19.9 Å². The van der Waals surface area contributed by atoms with Crippen LogP contribution in [0.5, 0.6) is 5.75 Å². The number of Topliss-reactive ketones (excluding diaryl/α,β-unsaturated/α-hetero) is 1. The number of thiazole rings is 2. The number of rotatable bonds is 7. The van der Waals surface area contributed by atoms with Gasteiger partial charge in [0, 0.05) is 18.0 Å². The Labute approximate surface area is 231 Å². The first kappa shape index (κ1) is 24.9. The van der Waals surface area contributed by atoms with Gasteiger partial charge in [0.2, 0.25) is 5.78 Å². The van der Waals surface area contributed by atoms with Crippen molar-refractivity contribution < 1.29 is 19.4 Å². The van der Waals surface area contributed by atoms with E-state index in [4.69, 9.17) is 4.74 Å². The van der Waals surface area contributed by atoms with Gasteiger partial charge in [-0.1, -0.05) is 47.7 Å². The molecule has 6 rings (SSSR count). The molecule has 5 aromatic rings. The number of amides is 1. The zero-order chi connectivity index (χ0) is 27.1. The maximum atomic E-state index is 14.0. The predicted molar refractivity (Wildman–Crippen MR) is 152 cm³/mol. The van der Waals surface area contributed by atoms with Crippen LogP contribution in [0.1, 0.15) is 33.9 Å². The molecular formula is C29H22N4O4S2. The normalized spacial score (nSPS) is 15.4. The first-order valence-electron chi connectivity index (χ1n) is 12.2. The molecule has 10 heteroatoms. The molecule has 1 unspecified atom stereocenters. The molecule has 39 heavy (non-hydrogen) atoms. The van der Waals surface area contributed by atoms with Gasteiger partial charge in [0.1, 0.15) is 10.8 Å². The summed E-state index contributed by atoms with van der Waals surface area (Å²) in [7, 11) is 0. The second kappa shape index (κ2) is 10.0. The first-order chi connectivity index (χ1) is 19.0. The van der Waals surface area contributed by atoms with E-state index in [1.165, 1.54) is 27.6 Å². The zero-order valence-corrected chi connectivity index (χ0v) is 22.6. The Hall–Kier alpha value is -4.41. The fourth-order valence-corrected chi connectivity index (χ4v) is 6.62. The molecule has 8 nitrogen and oxygen atoms in total. The minimum Gasteiger partial charge on any atom is -0.503 e. The minimum atomic E-state index is -0.910. The number of fused-ring (bicyclic) bond motifs is 1. The number of carbonyl (C=O) groups is 2. The average molecular weight is 555 g/mol. The van der Waals surface area contributed by atoms with Gasteiger partial charge < -0.3 is 9.84 Å². The molecule has 0 bridgehead atoms. The van der Waals surface area contributed by atoms with Crippen molar-refractivity contribution in [3.8, 4) is 16.3 Å². The van der Waals surface area contributed by atoms with E-state index in [1.807, 2.05) is 55.5 Å². The number of pyridine rings is 1. The van der Waals surface area contributed by atoms with Gasteiger partial charge in [-0.3, -0.25) is 19.5 Å². The third-order valence-electron chi connectivity index (χ3n) is 6.34. The van der Waals surface area contributed by atoms with Crippen molar-refractivity contribution in [2.24, 2.45) is 0 Å². The molecule has 0 fully saturated rings. The van der Waals surface area contributed by atoms with Crippen LogP contribution in [0, 0.1) is 6.92 Å². The topological polar surface area (TPSA) is 106 Å². The number of nitrogens with zero attached hydrogens (tertiary/aromatic N) is 4. The molecule has 4 heterocycles. The summed E-state index contributed by atoms with van der Waals surface area (Å²) in [6, 6.07) is 17.7. The van der Waals surface area contributed by atoms with Crippen molar-refractivity contribution in [1.82, 2.24) is 15.0 Å². The summed E-state index contributed by atoms with van der Waals surface area (Å²) in [5, 5.41) is 12.2. The Morgan fingerprint density at radius 1 is 1.08 bits per heavy atom. The molecule has 1 N–H and O–H groups in total. The van der Waals surface area contributed by atoms with Crippen molar-refractivity contribution in [1.29, 1.82) is 0 Å². The van der Waals surface area contributed by atoms with Crippen LogP contribution in [0.25, 0.3) is 20.8 Å². The van der Waals surface area contributed by atoms with Crippen LogP contribution >= 0.6 is 22.7 Å². The lowest BCUT2D eigenvalue weighted by Crippen LogP contribution is -2.31. The van der Waals surface area contributed by atoms with Gasteiger partial charge in [-0.15, -0.1) is 11.3 Å². The molecule has 0 aliphatic carbocycles. The smallest absolute Gasteiger partial charge is 0.296 e. The van der Waals surface area contributed by atoms with Gasteiger partial charge in [0.05, 0.1) is 39.0 Å². The Bertz CT molecular complexity index is 1750. The maximum Gasteiger partial charge on any atom is 0.296 e. The lowest BCUT2D eigenvalue weighted by atomic mass is 9.96. The number of aliphatic hydroxyl groups is 1. The quantitative estimate of drug-likeness (QED) is 0.235. The van der Waals surface area contributed by atoms with E-state index in [1.54, 1.807) is 31.5 Å². The summed E-state index contributed by atoms with van der Waals surface area (Å²) in [6.07, 6.45) is 3.20. The van der Waals surface area contributed by atoms with Crippen molar-refractivity contribution >= 4 is 49.7 Å².